The molecule has 2 aromatic rings. The lowest BCUT2D eigenvalue weighted by Gasteiger charge is -2.09. The highest BCUT2D eigenvalue weighted by Crippen LogP contribution is 2.22. The molecule has 7 heteroatoms. The van der Waals surface area contributed by atoms with Crippen LogP contribution in [0.1, 0.15) is 10.4 Å². The van der Waals surface area contributed by atoms with E-state index in [1.54, 1.807) is 30.3 Å². The van der Waals surface area contributed by atoms with Crippen LogP contribution in [0.3, 0.4) is 0 Å². The molecule has 0 aromatic heterocycles. The Labute approximate surface area is 121 Å². The second-order valence-corrected chi connectivity index (χ2v) is 5.91. The van der Waals surface area contributed by atoms with Gasteiger partial charge in [-0.3, -0.25) is 4.79 Å². The van der Waals surface area contributed by atoms with E-state index >= 15 is 0 Å². The van der Waals surface area contributed by atoms with E-state index in [0.29, 0.717) is 10.7 Å². The molecule has 3 N–H and O–H groups in total. The number of para-hydroxylation sites is 1. The third-order valence-electron chi connectivity index (χ3n) is 2.56. The van der Waals surface area contributed by atoms with Crippen LogP contribution in [-0.4, -0.2) is 14.3 Å². The number of nitrogens with one attached hydrogen (secondary N) is 1. The number of nitrogens with two attached hydrogens (primary N) is 1. The van der Waals surface area contributed by atoms with Gasteiger partial charge in [0.25, 0.3) is 5.91 Å². The van der Waals surface area contributed by atoms with Gasteiger partial charge in [-0.2, -0.15) is 0 Å². The van der Waals surface area contributed by atoms with Crippen molar-refractivity contribution in [3.05, 3.63) is 59.1 Å². The van der Waals surface area contributed by atoms with E-state index < -0.39 is 15.9 Å². The number of rotatable bonds is 3. The second kappa shape index (κ2) is 5.62. The summed E-state index contributed by atoms with van der Waals surface area (Å²) in [6.45, 7) is 0. The molecule has 0 atom stereocenters. The van der Waals surface area contributed by atoms with E-state index in [4.69, 9.17) is 16.7 Å². The summed E-state index contributed by atoms with van der Waals surface area (Å²) in [5, 5.41) is 7.99. The van der Waals surface area contributed by atoms with Crippen molar-refractivity contribution in [2.45, 2.75) is 4.90 Å². The van der Waals surface area contributed by atoms with E-state index in [9.17, 15) is 13.2 Å². The summed E-state index contributed by atoms with van der Waals surface area (Å²) in [4.78, 5) is 11.9. The molecule has 5 nitrogen and oxygen atoms in total. The first-order valence-electron chi connectivity index (χ1n) is 5.57. The predicted molar refractivity (Wildman–Crippen MR) is 77.2 cm³/mol. The lowest BCUT2D eigenvalue weighted by molar-refractivity contribution is 0.102. The Kier molecular flexibility index (Phi) is 4.08. The lowest BCUT2D eigenvalue weighted by Crippen LogP contribution is -2.20. The summed E-state index contributed by atoms with van der Waals surface area (Å²) in [7, 11) is -3.97. The standard InChI is InChI=1S/C13H11ClN2O3S/c14-10-6-2-3-7-11(10)16-13(17)9-5-1-4-8-12(9)20(15,18)19/h1-8H,(H,16,17)(H2,15,18,19). The molecule has 104 valence electrons. The van der Waals surface area contributed by atoms with Crippen LogP contribution in [0, 0.1) is 0 Å². The Morgan fingerprint density at radius 1 is 1.05 bits per heavy atom. The van der Waals surface area contributed by atoms with Gasteiger partial charge < -0.3 is 5.32 Å². The summed E-state index contributed by atoms with van der Waals surface area (Å²) in [5.74, 6) is -0.595. The lowest BCUT2D eigenvalue weighted by atomic mass is 10.2. The number of anilines is 1. The zero-order valence-corrected chi connectivity index (χ0v) is 11.8. The summed E-state index contributed by atoms with van der Waals surface area (Å²) in [6.07, 6.45) is 0. The minimum atomic E-state index is -3.97. The minimum Gasteiger partial charge on any atom is -0.321 e. The Hall–Kier alpha value is -1.89. The van der Waals surface area contributed by atoms with E-state index in [2.05, 4.69) is 5.32 Å². The maximum Gasteiger partial charge on any atom is 0.257 e. The van der Waals surface area contributed by atoms with Gasteiger partial charge in [-0.15, -0.1) is 0 Å². The zero-order valence-electron chi connectivity index (χ0n) is 10.2. The van der Waals surface area contributed by atoms with Crippen molar-refractivity contribution in [1.82, 2.24) is 0 Å². The first-order valence-corrected chi connectivity index (χ1v) is 7.50. The number of amides is 1. The molecule has 0 radical (unpaired) electrons. The molecule has 0 unspecified atom stereocenters. The fourth-order valence-electron chi connectivity index (χ4n) is 1.65. The summed E-state index contributed by atoms with van der Waals surface area (Å²) in [6, 6.07) is 12.3. The van der Waals surface area contributed by atoms with Gasteiger partial charge in [0.2, 0.25) is 10.0 Å². The average molecular weight is 311 g/mol. The number of carbonyl (C=O) groups is 1. The smallest absolute Gasteiger partial charge is 0.257 e. The topological polar surface area (TPSA) is 89.3 Å². The van der Waals surface area contributed by atoms with Crippen molar-refractivity contribution in [3.63, 3.8) is 0 Å². The SMILES string of the molecule is NS(=O)(=O)c1ccccc1C(=O)Nc1ccccc1Cl. The Morgan fingerprint density at radius 3 is 2.30 bits per heavy atom. The third kappa shape index (κ3) is 3.16. The number of carbonyl (C=O) groups excluding carboxylic acids is 1. The van der Waals surface area contributed by atoms with Crippen molar-refractivity contribution in [3.8, 4) is 0 Å². The summed E-state index contributed by atoms with van der Waals surface area (Å²) < 4.78 is 22.9. The molecular weight excluding hydrogens is 300 g/mol. The van der Waals surface area contributed by atoms with Crippen molar-refractivity contribution >= 4 is 33.2 Å². The fourth-order valence-corrected chi connectivity index (χ4v) is 2.57. The second-order valence-electron chi connectivity index (χ2n) is 3.98. The molecule has 0 aliphatic carbocycles. The number of hydrogen-bond donors (Lipinski definition) is 2. The molecule has 0 saturated carbocycles. The highest BCUT2D eigenvalue weighted by molar-refractivity contribution is 7.89. The van der Waals surface area contributed by atoms with Gasteiger partial charge in [-0.05, 0) is 24.3 Å². The molecule has 0 bridgehead atoms. The number of primary sulfonamides is 1. The van der Waals surface area contributed by atoms with Gasteiger partial charge in [-0.25, -0.2) is 13.6 Å². The number of halogens is 1. The molecule has 2 aromatic carbocycles. The molecule has 0 heterocycles. The fraction of sp³-hybridized carbons (Fsp3) is 0. The number of sulfonamides is 1. The van der Waals surface area contributed by atoms with Gasteiger partial charge in [0.1, 0.15) is 0 Å². The molecule has 1 amide bonds. The van der Waals surface area contributed by atoms with Crippen molar-refractivity contribution in [1.29, 1.82) is 0 Å². The van der Waals surface area contributed by atoms with Crippen LogP contribution >= 0.6 is 11.6 Å². The number of benzene rings is 2. The van der Waals surface area contributed by atoms with Crippen molar-refractivity contribution in [2.75, 3.05) is 5.32 Å². The van der Waals surface area contributed by atoms with E-state index in [0.717, 1.165) is 0 Å². The minimum absolute atomic E-state index is 0.0325. The van der Waals surface area contributed by atoms with Gasteiger partial charge in [0.15, 0.2) is 0 Å². The van der Waals surface area contributed by atoms with E-state index in [-0.39, 0.29) is 10.5 Å². The van der Waals surface area contributed by atoms with Gasteiger partial charge in [-0.1, -0.05) is 35.9 Å². The molecule has 0 aliphatic heterocycles. The molecule has 0 fully saturated rings. The largest absolute Gasteiger partial charge is 0.321 e. The maximum absolute atomic E-state index is 12.1. The first kappa shape index (κ1) is 14.5. The first-order chi connectivity index (χ1) is 9.39. The van der Waals surface area contributed by atoms with Gasteiger partial charge >= 0.3 is 0 Å². The Bertz CT molecular complexity index is 760. The van der Waals surface area contributed by atoms with E-state index in [1.165, 1.54) is 18.2 Å². The van der Waals surface area contributed by atoms with Crippen LogP contribution < -0.4 is 10.5 Å². The third-order valence-corrected chi connectivity index (χ3v) is 3.86. The summed E-state index contributed by atoms with van der Waals surface area (Å²) in [5.41, 5.74) is 0.360. The van der Waals surface area contributed by atoms with Crippen LogP contribution in [-0.2, 0) is 10.0 Å². The van der Waals surface area contributed by atoms with Gasteiger partial charge in [0, 0.05) is 0 Å². The molecule has 0 spiro atoms. The molecular formula is C13H11ClN2O3S. The Balaban J connectivity index is 2.39. The maximum atomic E-state index is 12.1. The highest BCUT2D eigenvalue weighted by Gasteiger charge is 2.19. The normalized spacial score (nSPS) is 11.1. The molecule has 2 rings (SSSR count). The quantitative estimate of drug-likeness (QED) is 0.911. The van der Waals surface area contributed by atoms with Crippen LogP contribution in [0.15, 0.2) is 53.4 Å². The van der Waals surface area contributed by atoms with Gasteiger partial charge in [0.05, 0.1) is 21.2 Å². The Morgan fingerprint density at radius 2 is 1.65 bits per heavy atom. The van der Waals surface area contributed by atoms with Crippen molar-refractivity contribution < 1.29 is 13.2 Å². The van der Waals surface area contributed by atoms with Crippen LogP contribution in [0.2, 0.25) is 5.02 Å². The summed E-state index contributed by atoms with van der Waals surface area (Å²) >= 11 is 5.93. The molecule has 0 aliphatic rings. The van der Waals surface area contributed by atoms with Crippen molar-refractivity contribution in [2.24, 2.45) is 5.14 Å². The van der Waals surface area contributed by atoms with Crippen LogP contribution in [0.5, 0.6) is 0 Å². The van der Waals surface area contributed by atoms with Crippen LogP contribution in [0.25, 0.3) is 0 Å². The zero-order chi connectivity index (χ0) is 14.8. The van der Waals surface area contributed by atoms with E-state index in [1.807, 2.05) is 0 Å². The average Bonchev–Trinajstić information content (AvgIpc) is 2.40. The highest BCUT2D eigenvalue weighted by atomic mass is 35.5. The molecule has 0 saturated heterocycles. The number of hydrogen-bond acceptors (Lipinski definition) is 3. The van der Waals surface area contributed by atoms with Crippen LogP contribution in [0.4, 0.5) is 5.69 Å². The monoisotopic (exact) mass is 310 g/mol. The molecule has 20 heavy (non-hydrogen) atoms. The predicted octanol–water partition coefficient (Wildman–Crippen LogP) is 2.24.